The molecular weight excluding hydrogens is 156 g/mol. The third-order valence-corrected chi connectivity index (χ3v) is 1.45. The highest BCUT2D eigenvalue weighted by molar-refractivity contribution is 5.86. The fraction of sp³-hybridized carbons (Fsp3) is 0.250. The number of nitrogens with zero attached hydrogens (tertiary/aromatic N) is 1. The second kappa shape index (κ2) is 3.82. The highest BCUT2D eigenvalue weighted by Crippen LogP contribution is 2.00. The minimum absolute atomic E-state index is 0.301. The van der Waals surface area contributed by atoms with Crippen molar-refractivity contribution >= 4 is 5.97 Å². The van der Waals surface area contributed by atoms with Gasteiger partial charge in [0.15, 0.2) is 0 Å². The molecule has 0 aliphatic heterocycles. The fourth-order valence-electron chi connectivity index (χ4n) is 0.771. The quantitative estimate of drug-likeness (QED) is 0.643. The lowest BCUT2D eigenvalue weighted by Gasteiger charge is -1.98. The van der Waals surface area contributed by atoms with Crippen molar-refractivity contribution in [2.45, 2.75) is 6.54 Å². The summed E-state index contributed by atoms with van der Waals surface area (Å²) in [5.41, 5.74) is 6.54. The molecule has 0 saturated carbocycles. The number of pyridine rings is 1. The maximum absolute atomic E-state index is 10.9. The van der Waals surface area contributed by atoms with Gasteiger partial charge >= 0.3 is 5.97 Å². The maximum atomic E-state index is 10.9. The van der Waals surface area contributed by atoms with Gasteiger partial charge in [-0.3, -0.25) is 0 Å². The molecule has 0 aliphatic rings. The lowest BCUT2D eigenvalue weighted by Crippen LogP contribution is -2.05. The van der Waals surface area contributed by atoms with Gasteiger partial charge in [0.1, 0.15) is 5.69 Å². The average molecular weight is 166 g/mol. The molecule has 0 spiro atoms. The molecule has 1 rings (SSSR count). The molecule has 0 unspecified atom stereocenters. The number of hydrogen-bond donors (Lipinski definition) is 1. The van der Waals surface area contributed by atoms with Crippen LogP contribution < -0.4 is 5.73 Å². The van der Waals surface area contributed by atoms with Gasteiger partial charge in [-0.2, -0.15) is 0 Å². The van der Waals surface area contributed by atoms with E-state index in [1.165, 1.54) is 7.11 Å². The molecule has 1 heterocycles. The van der Waals surface area contributed by atoms with E-state index < -0.39 is 5.97 Å². The van der Waals surface area contributed by atoms with Crippen LogP contribution in [-0.4, -0.2) is 18.1 Å². The smallest absolute Gasteiger partial charge is 0.356 e. The lowest BCUT2D eigenvalue weighted by molar-refractivity contribution is 0.0594. The van der Waals surface area contributed by atoms with Crippen molar-refractivity contribution in [1.82, 2.24) is 4.98 Å². The Hall–Kier alpha value is -1.42. The van der Waals surface area contributed by atoms with Crippen LogP contribution in [0.4, 0.5) is 0 Å². The van der Waals surface area contributed by atoms with E-state index in [9.17, 15) is 4.79 Å². The highest BCUT2D eigenvalue weighted by atomic mass is 16.5. The minimum atomic E-state index is -0.432. The number of hydrogen-bond acceptors (Lipinski definition) is 4. The Labute approximate surface area is 70.4 Å². The molecule has 2 N–H and O–H groups in total. The number of esters is 1. The molecule has 1 aromatic rings. The van der Waals surface area contributed by atoms with Gasteiger partial charge in [0.2, 0.25) is 0 Å². The number of carbonyl (C=O) groups is 1. The fourth-order valence-corrected chi connectivity index (χ4v) is 0.771. The molecule has 0 fully saturated rings. The summed E-state index contributed by atoms with van der Waals surface area (Å²) < 4.78 is 4.48. The molecule has 0 radical (unpaired) electrons. The van der Waals surface area contributed by atoms with Crippen molar-refractivity contribution in [3.05, 3.63) is 29.6 Å². The molecule has 64 valence electrons. The molecule has 12 heavy (non-hydrogen) atoms. The second-order valence-electron chi connectivity index (χ2n) is 2.25. The summed E-state index contributed by atoms with van der Waals surface area (Å²) in [4.78, 5) is 14.8. The Bertz CT molecular complexity index is 269. The van der Waals surface area contributed by atoms with E-state index in [0.29, 0.717) is 12.2 Å². The predicted octanol–water partition coefficient (Wildman–Crippen LogP) is 0.327. The van der Waals surface area contributed by atoms with Crippen LogP contribution >= 0.6 is 0 Å². The van der Waals surface area contributed by atoms with E-state index in [1.54, 1.807) is 18.3 Å². The predicted molar refractivity (Wildman–Crippen MR) is 43.5 cm³/mol. The van der Waals surface area contributed by atoms with Crippen molar-refractivity contribution in [3.63, 3.8) is 0 Å². The van der Waals surface area contributed by atoms with Crippen LogP contribution in [0, 0.1) is 0 Å². The van der Waals surface area contributed by atoms with E-state index in [2.05, 4.69) is 9.72 Å². The second-order valence-corrected chi connectivity index (χ2v) is 2.25. The zero-order valence-electron chi connectivity index (χ0n) is 6.78. The lowest BCUT2D eigenvalue weighted by atomic mass is 10.2. The monoisotopic (exact) mass is 166 g/mol. The molecule has 1 aromatic heterocycles. The normalized spacial score (nSPS) is 9.50. The summed E-state index contributed by atoms with van der Waals surface area (Å²) in [6.45, 7) is 0.425. The SMILES string of the molecule is COC(=O)c1ccc(CN)cn1. The van der Waals surface area contributed by atoms with Crippen LogP contribution in [0.5, 0.6) is 0 Å². The summed E-state index contributed by atoms with van der Waals surface area (Å²) in [7, 11) is 1.32. The zero-order chi connectivity index (χ0) is 8.97. The van der Waals surface area contributed by atoms with Crippen molar-refractivity contribution in [2.75, 3.05) is 7.11 Å². The van der Waals surface area contributed by atoms with Gasteiger partial charge in [0.05, 0.1) is 7.11 Å². The summed E-state index contributed by atoms with van der Waals surface area (Å²) in [5, 5.41) is 0. The number of aromatic nitrogens is 1. The van der Waals surface area contributed by atoms with Gasteiger partial charge in [-0.1, -0.05) is 6.07 Å². The number of nitrogens with two attached hydrogens (primary N) is 1. The Morgan fingerprint density at radius 1 is 1.67 bits per heavy atom. The summed E-state index contributed by atoms with van der Waals surface area (Å²) in [5.74, 6) is -0.432. The number of ether oxygens (including phenoxy) is 1. The van der Waals surface area contributed by atoms with Crippen LogP contribution in [0.3, 0.4) is 0 Å². The molecule has 0 bridgehead atoms. The van der Waals surface area contributed by atoms with E-state index in [4.69, 9.17) is 5.73 Å². The first kappa shape index (κ1) is 8.67. The van der Waals surface area contributed by atoms with Crippen molar-refractivity contribution in [3.8, 4) is 0 Å². The van der Waals surface area contributed by atoms with Crippen molar-refractivity contribution < 1.29 is 9.53 Å². The topological polar surface area (TPSA) is 65.2 Å². The van der Waals surface area contributed by atoms with Crippen LogP contribution in [-0.2, 0) is 11.3 Å². The first-order chi connectivity index (χ1) is 5.77. The molecule has 0 aliphatic carbocycles. The standard InChI is InChI=1S/C8H10N2O2/c1-12-8(11)7-3-2-6(4-9)5-10-7/h2-3,5H,4,9H2,1H3. The summed E-state index contributed by atoms with van der Waals surface area (Å²) >= 11 is 0. The number of rotatable bonds is 2. The van der Waals surface area contributed by atoms with Crippen LogP contribution in [0.2, 0.25) is 0 Å². The summed E-state index contributed by atoms with van der Waals surface area (Å²) in [6.07, 6.45) is 1.56. The highest BCUT2D eigenvalue weighted by Gasteiger charge is 2.04. The van der Waals surface area contributed by atoms with Crippen LogP contribution in [0.1, 0.15) is 16.1 Å². The van der Waals surface area contributed by atoms with Gasteiger partial charge < -0.3 is 10.5 Å². The van der Waals surface area contributed by atoms with E-state index in [-0.39, 0.29) is 0 Å². The third kappa shape index (κ3) is 1.79. The molecule has 0 saturated heterocycles. The number of methoxy groups -OCH3 is 1. The average Bonchev–Trinajstić information content (AvgIpc) is 2.17. The van der Waals surface area contributed by atoms with Gasteiger partial charge in [0, 0.05) is 12.7 Å². The minimum Gasteiger partial charge on any atom is -0.464 e. The first-order valence-electron chi connectivity index (χ1n) is 3.51. The van der Waals surface area contributed by atoms with Gasteiger partial charge in [0.25, 0.3) is 0 Å². The van der Waals surface area contributed by atoms with Gasteiger partial charge in [-0.15, -0.1) is 0 Å². The van der Waals surface area contributed by atoms with Gasteiger partial charge in [-0.05, 0) is 11.6 Å². The Morgan fingerprint density at radius 3 is 2.83 bits per heavy atom. The zero-order valence-corrected chi connectivity index (χ0v) is 6.78. The maximum Gasteiger partial charge on any atom is 0.356 e. The molecule has 0 atom stereocenters. The van der Waals surface area contributed by atoms with Crippen LogP contribution in [0.25, 0.3) is 0 Å². The number of carbonyl (C=O) groups excluding carboxylic acids is 1. The van der Waals surface area contributed by atoms with E-state index in [1.807, 2.05) is 0 Å². The molecule has 0 aromatic carbocycles. The summed E-state index contributed by atoms with van der Waals surface area (Å²) in [6, 6.07) is 3.34. The Kier molecular flexibility index (Phi) is 2.76. The Balaban J connectivity index is 2.84. The van der Waals surface area contributed by atoms with Crippen molar-refractivity contribution in [1.29, 1.82) is 0 Å². The van der Waals surface area contributed by atoms with Gasteiger partial charge in [-0.25, -0.2) is 9.78 Å². The first-order valence-corrected chi connectivity index (χ1v) is 3.51. The van der Waals surface area contributed by atoms with E-state index in [0.717, 1.165) is 5.56 Å². The molecule has 0 amide bonds. The molecular formula is C8H10N2O2. The largest absolute Gasteiger partial charge is 0.464 e. The van der Waals surface area contributed by atoms with E-state index >= 15 is 0 Å². The third-order valence-electron chi connectivity index (χ3n) is 1.45. The molecule has 4 heteroatoms. The van der Waals surface area contributed by atoms with Crippen LogP contribution in [0.15, 0.2) is 18.3 Å². The van der Waals surface area contributed by atoms with Crippen molar-refractivity contribution in [2.24, 2.45) is 5.73 Å². The Morgan fingerprint density at radius 2 is 2.42 bits per heavy atom. The molecule has 4 nitrogen and oxygen atoms in total.